The third kappa shape index (κ3) is 4.67. The van der Waals surface area contributed by atoms with Crippen LogP contribution in [0.5, 0.6) is 0 Å². The Morgan fingerprint density at radius 2 is 2.00 bits per heavy atom. The van der Waals surface area contributed by atoms with Crippen LogP contribution in [0.25, 0.3) is 0 Å². The van der Waals surface area contributed by atoms with E-state index in [1.54, 1.807) is 0 Å². The number of amides is 1. The predicted octanol–water partition coefficient (Wildman–Crippen LogP) is 2.93. The molecule has 1 aliphatic heterocycles. The topological polar surface area (TPSA) is 60.5 Å². The molecular weight excluding hydrogens is 325 g/mol. The van der Waals surface area contributed by atoms with E-state index in [1.165, 1.54) is 6.92 Å². The Balaban J connectivity index is 1.92. The smallest absolute Gasteiger partial charge is 0.352 e. The van der Waals surface area contributed by atoms with Gasteiger partial charge in [0.2, 0.25) is 0 Å². The van der Waals surface area contributed by atoms with Crippen molar-refractivity contribution < 1.29 is 27.4 Å². The van der Waals surface area contributed by atoms with Crippen LogP contribution in [-0.4, -0.2) is 36.4 Å². The van der Waals surface area contributed by atoms with Crippen LogP contribution in [0.1, 0.15) is 42.0 Å². The van der Waals surface area contributed by atoms with Crippen molar-refractivity contribution in [3.63, 3.8) is 0 Å². The van der Waals surface area contributed by atoms with Gasteiger partial charge in [0.1, 0.15) is 5.69 Å². The zero-order valence-corrected chi connectivity index (χ0v) is 13.9. The first-order valence-corrected chi connectivity index (χ1v) is 7.72. The molecule has 0 aliphatic carbocycles. The summed E-state index contributed by atoms with van der Waals surface area (Å²) in [6.45, 7) is 6.63. The van der Waals surface area contributed by atoms with Crippen molar-refractivity contribution >= 4 is 5.91 Å². The van der Waals surface area contributed by atoms with Crippen molar-refractivity contribution in [2.45, 2.75) is 39.2 Å². The van der Waals surface area contributed by atoms with Crippen molar-refractivity contribution in [2.24, 2.45) is 5.92 Å². The van der Waals surface area contributed by atoms with Gasteiger partial charge in [0, 0.05) is 13.0 Å². The third-order valence-corrected chi connectivity index (χ3v) is 3.85. The minimum atomic E-state index is -4.52. The quantitative estimate of drug-likeness (QED) is 0.891. The molecule has 1 amide bonds. The summed E-state index contributed by atoms with van der Waals surface area (Å²) in [4.78, 5) is 15.6. The lowest BCUT2D eigenvalue weighted by molar-refractivity contribution is -0.153. The molecule has 1 N–H and O–H groups in total. The van der Waals surface area contributed by atoms with E-state index in [0.29, 0.717) is 26.2 Å². The lowest BCUT2D eigenvalue weighted by Gasteiger charge is -2.26. The first kappa shape index (κ1) is 18.7. The van der Waals surface area contributed by atoms with Crippen molar-refractivity contribution in [3.05, 3.63) is 29.1 Å². The van der Waals surface area contributed by atoms with Gasteiger partial charge in [-0.1, -0.05) is 6.92 Å². The maximum Gasteiger partial charge on any atom is 0.433 e. The van der Waals surface area contributed by atoms with Gasteiger partial charge in [0.25, 0.3) is 5.91 Å². The number of hydrogen-bond acceptors (Lipinski definition) is 4. The SMILES string of the molecule is Cc1nc(C(F)(F)F)ccc1C(=O)NCC(C)CC1(C)OCCO1. The second-order valence-corrected chi connectivity index (χ2v) is 6.18. The molecule has 1 aliphatic rings. The van der Waals surface area contributed by atoms with Crippen molar-refractivity contribution in [2.75, 3.05) is 19.8 Å². The minimum absolute atomic E-state index is 0.0457. The zero-order valence-electron chi connectivity index (χ0n) is 13.9. The number of alkyl halides is 3. The van der Waals surface area contributed by atoms with Crippen LogP contribution in [-0.2, 0) is 15.7 Å². The van der Waals surface area contributed by atoms with Gasteiger partial charge >= 0.3 is 6.18 Å². The highest BCUT2D eigenvalue weighted by atomic mass is 19.4. The van der Waals surface area contributed by atoms with Crippen LogP contribution in [0.3, 0.4) is 0 Å². The number of hydrogen-bond donors (Lipinski definition) is 1. The number of nitrogens with one attached hydrogen (secondary N) is 1. The summed E-state index contributed by atoms with van der Waals surface area (Å²) >= 11 is 0. The van der Waals surface area contributed by atoms with Gasteiger partial charge in [0.05, 0.1) is 24.5 Å². The first-order valence-electron chi connectivity index (χ1n) is 7.72. The third-order valence-electron chi connectivity index (χ3n) is 3.85. The average Bonchev–Trinajstić information content (AvgIpc) is 2.90. The van der Waals surface area contributed by atoms with E-state index >= 15 is 0 Å². The number of aryl methyl sites for hydroxylation is 1. The number of carbonyl (C=O) groups is 1. The number of rotatable bonds is 5. The van der Waals surface area contributed by atoms with E-state index in [-0.39, 0.29) is 17.2 Å². The molecule has 1 saturated heterocycles. The molecule has 0 saturated carbocycles. The Kier molecular flexibility index (Phi) is 5.49. The van der Waals surface area contributed by atoms with E-state index in [2.05, 4.69) is 10.3 Å². The largest absolute Gasteiger partial charge is 0.433 e. The highest BCUT2D eigenvalue weighted by Crippen LogP contribution is 2.28. The van der Waals surface area contributed by atoms with Gasteiger partial charge in [-0.3, -0.25) is 4.79 Å². The highest BCUT2D eigenvalue weighted by molar-refractivity contribution is 5.95. The molecule has 1 atom stereocenters. The lowest BCUT2D eigenvalue weighted by Crippen LogP contribution is -2.34. The van der Waals surface area contributed by atoms with Gasteiger partial charge < -0.3 is 14.8 Å². The molecule has 134 valence electrons. The minimum Gasteiger partial charge on any atom is -0.352 e. The van der Waals surface area contributed by atoms with E-state index < -0.39 is 23.6 Å². The number of halogens is 3. The van der Waals surface area contributed by atoms with Crippen molar-refractivity contribution in [3.8, 4) is 0 Å². The number of aromatic nitrogens is 1. The average molecular weight is 346 g/mol. The van der Waals surface area contributed by atoms with Crippen LogP contribution in [0.2, 0.25) is 0 Å². The Hall–Kier alpha value is -1.67. The molecule has 0 radical (unpaired) electrons. The van der Waals surface area contributed by atoms with Gasteiger partial charge in [-0.25, -0.2) is 4.98 Å². The number of nitrogens with zero attached hydrogens (tertiary/aromatic N) is 1. The van der Waals surface area contributed by atoms with Crippen LogP contribution < -0.4 is 5.32 Å². The summed E-state index contributed by atoms with van der Waals surface area (Å²) < 4.78 is 48.8. The number of pyridine rings is 1. The molecule has 2 rings (SSSR count). The van der Waals surface area contributed by atoms with Crippen molar-refractivity contribution in [1.82, 2.24) is 10.3 Å². The van der Waals surface area contributed by atoms with Crippen molar-refractivity contribution in [1.29, 1.82) is 0 Å². The fraction of sp³-hybridized carbons (Fsp3) is 0.625. The summed E-state index contributed by atoms with van der Waals surface area (Å²) in [7, 11) is 0. The first-order chi connectivity index (χ1) is 11.1. The maximum absolute atomic E-state index is 12.6. The molecule has 8 heteroatoms. The summed E-state index contributed by atoms with van der Waals surface area (Å²) in [5.74, 6) is -1.01. The summed E-state index contributed by atoms with van der Waals surface area (Å²) in [6.07, 6.45) is -3.91. The van der Waals surface area contributed by atoms with E-state index in [1.807, 2.05) is 13.8 Å². The molecule has 0 spiro atoms. The fourth-order valence-corrected chi connectivity index (χ4v) is 2.70. The Labute approximate surface area is 138 Å². The van der Waals surface area contributed by atoms with Crippen LogP contribution in [0.4, 0.5) is 13.2 Å². The van der Waals surface area contributed by atoms with Gasteiger partial charge in [-0.05, 0) is 31.9 Å². The maximum atomic E-state index is 12.6. The second-order valence-electron chi connectivity index (χ2n) is 6.18. The molecule has 24 heavy (non-hydrogen) atoms. The monoisotopic (exact) mass is 346 g/mol. The second kappa shape index (κ2) is 7.06. The Morgan fingerprint density at radius 1 is 1.38 bits per heavy atom. The van der Waals surface area contributed by atoms with Crippen LogP contribution in [0.15, 0.2) is 12.1 Å². The van der Waals surface area contributed by atoms with E-state index in [9.17, 15) is 18.0 Å². The van der Waals surface area contributed by atoms with Crippen LogP contribution in [0, 0.1) is 12.8 Å². The Bertz CT molecular complexity index is 599. The molecule has 0 aromatic carbocycles. The zero-order chi connectivity index (χ0) is 18.0. The van der Waals surface area contributed by atoms with E-state index in [0.717, 1.165) is 12.1 Å². The molecule has 2 heterocycles. The predicted molar refractivity (Wildman–Crippen MR) is 80.4 cm³/mol. The van der Waals surface area contributed by atoms with E-state index in [4.69, 9.17) is 9.47 Å². The molecular formula is C16H21F3N2O3. The number of ether oxygens (including phenoxy) is 2. The van der Waals surface area contributed by atoms with Gasteiger partial charge in [-0.2, -0.15) is 13.2 Å². The van der Waals surface area contributed by atoms with Gasteiger partial charge in [0.15, 0.2) is 5.79 Å². The normalized spacial score (nSPS) is 18.4. The highest BCUT2D eigenvalue weighted by Gasteiger charge is 2.34. The summed E-state index contributed by atoms with van der Waals surface area (Å²) in [6, 6.07) is 1.96. The standard InChI is InChI=1S/C16H21F3N2O3/c1-10(8-15(3)23-6-7-24-15)9-20-14(22)12-4-5-13(16(17,18)19)21-11(12)2/h4-5,10H,6-9H2,1-3H3,(H,20,22). The summed E-state index contributed by atoms with van der Waals surface area (Å²) in [5.41, 5.74) is -0.826. The summed E-state index contributed by atoms with van der Waals surface area (Å²) in [5, 5.41) is 2.72. The number of carbonyl (C=O) groups excluding carboxylic acids is 1. The molecule has 1 fully saturated rings. The lowest BCUT2D eigenvalue weighted by atomic mass is 10.0. The molecule has 0 bridgehead atoms. The molecule has 1 aromatic heterocycles. The molecule has 5 nitrogen and oxygen atoms in total. The Morgan fingerprint density at radius 3 is 2.54 bits per heavy atom. The van der Waals surface area contributed by atoms with Crippen LogP contribution >= 0.6 is 0 Å². The molecule has 1 aromatic rings. The molecule has 1 unspecified atom stereocenters. The fourth-order valence-electron chi connectivity index (χ4n) is 2.70. The van der Waals surface area contributed by atoms with Gasteiger partial charge in [-0.15, -0.1) is 0 Å².